The molecule has 4 rings (SSSR count). The molecule has 1 N–H and O–H groups in total. The van der Waals surface area contributed by atoms with Crippen molar-refractivity contribution in [1.29, 1.82) is 0 Å². The molecule has 2 aliphatic heterocycles. The van der Waals surface area contributed by atoms with Crippen LogP contribution in [0.3, 0.4) is 0 Å². The van der Waals surface area contributed by atoms with Gasteiger partial charge in [-0.05, 0) is 25.0 Å². The fraction of sp³-hybridized carbons (Fsp3) is 0.565. The Balaban J connectivity index is 1.29. The van der Waals surface area contributed by atoms with Gasteiger partial charge in [-0.15, -0.1) is 0 Å². The molecule has 2 heterocycles. The van der Waals surface area contributed by atoms with Crippen LogP contribution in [0.2, 0.25) is 0 Å². The van der Waals surface area contributed by atoms with E-state index in [9.17, 15) is 19.7 Å². The Bertz CT molecular complexity index is 952. The van der Waals surface area contributed by atoms with Crippen LogP contribution in [0.1, 0.15) is 37.7 Å². The van der Waals surface area contributed by atoms with Crippen molar-refractivity contribution < 1.29 is 33.5 Å². The van der Waals surface area contributed by atoms with Gasteiger partial charge in [0.2, 0.25) is 6.79 Å². The molecular formula is C23H29N3O8. The number of rotatable bonds is 8. The van der Waals surface area contributed by atoms with Gasteiger partial charge in [0.25, 0.3) is 11.6 Å². The summed E-state index contributed by atoms with van der Waals surface area (Å²) in [4.78, 5) is 37.7. The molecule has 0 atom stereocenters. The van der Waals surface area contributed by atoms with E-state index >= 15 is 0 Å². The number of nitro benzene ring substituents is 1. The zero-order valence-corrected chi connectivity index (χ0v) is 19.0. The number of carbonyl (C=O) groups excluding carboxylic acids is 2. The van der Waals surface area contributed by atoms with E-state index in [1.807, 2.05) is 0 Å². The van der Waals surface area contributed by atoms with E-state index in [0.717, 1.165) is 44.8 Å². The van der Waals surface area contributed by atoms with E-state index in [1.165, 1.54) is 24.6 Å². The molecule has 0 spiro atoms. The van der Waals surface area contributed by atoms with Gasteiger partial charge in [-0.1, -0.05) is 19.3 Å². The number of nitrogens with one attached hydrogen (secondary N) is 1. The van der Waals surface area contributed by atoms with Gasteiger partial charge < -0.3 is 24.3 Å². The molecule has 1 aromatic rings. The molecule has 2 fully saturated rings. The topological polar surface area (TPSA) is 129 Å². The number of morpholine rings is 1. The Morgan fingerprint density at radius 1 is 1.15 bits per heavy atom. The minimum atomic E-state index is -0.775. The standard InChI is InChI=1S/C23H29N3O8/c27-21(24-15-23(6-2-1-3-7-23)25-8-10-31-11-9-25)14-32-22(28)5-4-17-12-19-20(34-16-33-19)13-18(17)26(29)30/h4-5,12-13H,1-3,6-11,14-16H2,(H,24,27)/b5-4-. The lowest BCUT2D eigenvalue weighted by molar-refractivity contribution is -0.385. The van der Waals surface area contributed by atoms with Crippen LogP contribution in [-0.2, 0) is 19.1 Å². The Labute approximate surface area is 197 Å². The highest BCUT2D eigenvalue weighted by atomic mass is 16.7. The zero-order chi connectivity index (χ0) is 24.0. The minimum absolute atomic E-state index is 0.0242. The molecule has 11 heteroatoms. The van der Waals surface area contributed by atoms with E-state index in [4.69, 9.17) is 18.9 Å². The van der Waals surface area contributed by atoms with Crippen molar-refractivity contribution in [3.05, 3.63) is 33.9 Å². The van der Waals surface area contributed by atoms with Gasteiger partial charge in [-0.3, -0.25) is 19.8 Å². The molecule has 1 saturated heterocycles. The smallest absolute Gasteiger partial charge is 0.331 e. The fourth-order valence-electron chi connectivity index (χ4n) is 4.75. The lowest BCUT2D eigenvalue weighted by Crippen LogP contribution is -2.59. The molecule has 0 radical (unpaired) electrons. The first-order chi connectivity index (χ1) is 16.5. The van der Waals surface area contributed by atoms with Crippen LogP contribution in [-0.4, -0.2) is 73.5 Å². The molecule has 3 aliphatic rings. The van der Waals surface area contributed by atoms with E-state index in [2.05, 4.69) is 10.2 Å². The van der Waals surface area contributed by atoms with Crippen LogP contribution in [0, 0.1) is 10.1 Å². The third kappa shape index (κ3) is 5.65. The Kier molecular flexibility index (Phi) is 7.63. The molecule has 0 unspecified atom stereocenters. The maximum absolute atomic E-state index is 12.4. The zero-order valence-electron chi connectivity index (χ0n) is 19.0. The highest BCUT2D eigenvalue weighted by Gasteiger charge is 2.38. The molecule has 1 saturated carbocycles. The second-order valence-corrected chi connectivity index (χ2v) is 8.62. The van der Waals surface area contributed by atoms with Crippen LogP contribution >= 0.6 is 0 Å². The van der Waals surface area contributed by atoms with E-state index in [0.29, 0.717) is 25.5 Å². The van der Waals surface area contributed by atoms with Gasteiger partial charge in [-0.25, -0.2) is 4.79 Å². The monoisotopic (exact) mass is 475 g/mol. The van der Waals surface area contributed by atoms with Gasteiger partial charge in [0.1, 0.15) is 0 Å². The largest absolute Gasteiger partial charge is 0.454 e. The number of fused-ring (bicyclic) bond motifs is 1. The van der Waals surface area contributed by atoms with Crippen LogP contribution in [0.15, 0.2) is 18.2 Å². The predicted octanol–water partition coefficient (Wildman–Crippen LogP) is 2.03. The first kappa shape index (κ1) is 24.0. The van der Waals surface area contributed by atoms with Crippen LogP contribution in [0.4, 0.5) is 5.69 Å². The number of hydrogen-bond donors (Lipinski definition) is 1. The van der Waals surface area contributed by atoms with Crippen LogP contribution in [0.5, 0.6) is 11.5 Å². The van der Waals surface area contributed by atoms with Crippen molar-refractivity contribution >= 4 is 23.6 Å². The summed E-state index contributed by atoms with van der Waals surface area (Å²) >= 11 is 0. The normalized spacial score (nSPS) is 19.6. The van der Waals surface area contributed by atoms with Crippen molar-refractivity contribution in [2.45, 2.75) is 37.6 Å². The quantitative estimate of drug-likeness (QED) is 0.260. The summed E-state index contributed by atoms with van der Waals surface area (Å²) in [6.45, 7) is 3.14. The van der Waals surface area contributed by atoms with Crippen LogP contribution < -0.4 is 14.8 Å². The average molecular weight is 475 g/mol. The average Bonchev–Trinajstić information content (AvgIpc) is 3.33. The number of esters is 1. The van der Waals surface area contributed by atoms with Crippen molar-refractivity contribution in [1.82, 2.24) is 10.2 Å². The van der Waals surface area contributed by atoms with Crippen molar-refractivity contribution in [2.24, 2.45) is 0 Å². The van der Waals surface area contributed by atoms with E-state index < -0.39 is 17.5 Å². The van der Waals surface area contributed by atoms with Gasteiger partial charge in [-0.2, -0.15) is 0 Å². The number of carbonyl (C=O) groups is 2. The Hall–Kier alpha value is -3.18. The molecule has 11 nitrogen and oxygen atoms in total. The Morgan fingerprint density at radius 3 is 2.56 bits per heavy atom. The third-order valence-corrected chi connectivity index (χ3v) is 6.54. The van der Waals surface area contributed by atoms with Crippen molar-refractivity contribution in [3.8, 4) is 11.5 Å². The second kappa shape index (κ2) is 10.8. The minimum Gasteiger partial charge on any atom is -0.454 e. The molecule has 1 aromatic carbocycles. The number of nitrogens with zero attached hydrogens (tertiary/aromatic N) is 2. The highest BCUT2D eigenvalue weighted by Crippen LogP contribution is 2.38. The molecule has 184 valence electrons. The molecule has 34 heavy (non-hydrogen) atoms. The number of amides is 1. The summed E-state index contributed by atoms with van der Waals surface area (Å²) in [5.41, 5.74) is -0.146. The van der Waals surface area contributed by atoms with E-state index in [-0.39, 0.29) is 35.2 Å². The summed E-state index contributed by atoms with van der Waals surface area (Å²) < 4.78 is 20.9. The molecule has 1 amide bonds. The first-order valence-electron chi connectivity index (χ1n) is 11.5. The maximum Gasteiger partial charge on any atom is 0.331 e. The number of hydrogen-bond acceptors (Lipinski definition) is 9. The fourth-order valence-corrected chi connectivity index (χ4v) is 4.75. The molecule has 0 bridgehead atoms. The SMILES string of the molecule is O=C(COC(=O)/C=C\c1cc2c(cc1[N+](=O)[O-])OCO2)NCC1(N2CCOCC2)CCCCC1. The number of benzene rings is 1. The molecule has 0 aromatic heterocycles. The van der Waals surface area contributed by atoms with Gasteiger partial charge in [0, 0.05) is 31.2 Å². The van der Waals surface area contributed by atoms with Crippen LogP contribution in [0.25, 0.3) is 6.08 Å². The molecular weight excluding hydrogens is 446 g/mol. The summed E-state index contributed by atoms with van der Waals surface area (Å²) in [5.74, 6) is -0.525. The Morgan fingerprint density at radius 2 is 1.85 bits per heavy atom. The summed E-state index contributed by atoms with van der Waals surface area (Å²) in [7, 11) is 0. The summed E-state index contributed by atoms with van der Waals surface area (Å²) in [6, 6.07) is 2.67. The number of nitro groups is 1. The molecule has 1 aliphatic carbocycles. The van der Waals surface area contributed by atoms with Crippen molar-refractivity contribution in [2.75, 3.05) is 46.2 Å². The van der Waals surface area contributed by atoms with E-state index in [1.54, 1.807) is 0 Å². The third-order valence-electron chi connectivity index (χ3n) is 6.54. The van der Waals surface area contributed by atoms with Crippen molar-refractivity contribution in [3.63, 3.8) is 0 Å². The lowest BCUT2D eigenvalue weighted by atomic mass is 9.79. The lowest BCUT2D eigenvalue weighted by Gasteiger charge is -2.48. The highest BCUT2D eigenvalue weighted by molar-refractivity contribution is 5.90. The number of ether oxygens (including phenoxy) is 4. The maximum atomic E-state index is 12.4. The summed E-state index contributed by atoms with van der Waals surface area (Å²) in [6.07, 6.45) is 7.79. The second-order valence-electron chi connectivity index (χ2n) is 8.62. The van der Waals surface area contributed by atoms with Gasteiger partial charge in [0.05, 0.1) is 29.8 Å². The summed E-state index contributed by atoms with van der Waals surface area (Å²) in [5, 5.41) is 14.2. The van der Waals surface area contributed by atoms with Gasteiger partial charge in [0.15, 0.2) is 18.1 Å². The van der Waals surface area contributed by atoms with Gasteiger partial charge >= 0.3 is 5.97 Å². The first-order valence-corrected chi connectivity index (χ1v) is 11.5. The predicted molar refractivity (Wildman–Crippen MR) is 120 cm³/mol.